The van der Waals surface area contributed by atoms with Crippen LogP contribution in [0, 0.1) is 0 Å². The number of anilines is 1. The molecule has 0 atom stereocenters. The van der Waals surface area contributed by atoms with Gasteiger partial charge >= 0.3 is 0 Å². The molecule has 0 bridgehead atoms. The molecule has 0 radical (unpaired) electrons. The highest BCUT2D eigenvalue weighted by Gasteiger charge is 2.02. The van der Waals surface area contributed by atoms with Crippen molar-refractivity contribution in [3.63, 3.8) is 0 Å². The number of aromatic amines is 1. The summed E-state index contributed by atoms with van der Waals surface area (Å²) in [5.74, 6) is 1.32. The summed E-state index contributed by atoms with van der Waals surface area (Å²) in [6, 6.07) is 5.72. The number of rotatable bonds is 3. The molecule has 3 heterocycles. The SMILES string of the molecule is c1ccn2nc(NCc3ncn[nH]3)nc2c1. The highest BCUT2D eigenvalue weighted by Crippen LogP contribution is 2.04. The number of nitrogens with one attached hydrogen (secondary N) is 2. The molecular formula is C9H9N7. The number of hydrogen-bond acceptors (Lipinski definition) is 5. The number of nitrogens with zero attached hydrogens (tertiary/aromatic N) is 5. The first-order chi connectivity index (χ1) is 7.92. The Kier molecular flexibility index (Phi) is 1.99. The van der Waals surface area contributed by atoms with Crippen LogP contribution in [-0.2, 0) is 6.54 Å². The van der Waals surface area contributed by atoms with Crippen molar-refractivity contribution in [2.75, 3.05) is 5.32 Å². The highest BCUT2D eigenvalue weighted by atomic mass is 15.3. The second kappa shape index (κ2) is 3.61. The van der Waals surface area contributed by atoms with Crippen molar-refractivity contribution < 1.29 is 0 Å². The molecule has 0 aliphatic rings. The molecule has 7 heteroatoms. The summed E-state index contributed by atoms with van der Waals surface area (Å²) in [6.07, 6.45) is 3.32. The van der Waals surface area contributed by atoms with Gasteiger partial charge in [-0.15, -0.1) is 5.10 Å². The molecule has 16 heavy (non-hydrogen) atoms. The van der Waals surface area contributed by atoms with Gasteiger partial charge in [0.25, 0.3) is 0 Å². The minimum Gasteiger partial charge on any atom is -0.346 e. The van der Waals surface area contributed by atoms with Crippen LogP contribution in [0.15, 0.2) is 30.7 Å². The van der Waals surface area contributed by atoms with Crippen LogP contribution >= 0.6 is 0 Å². The van der Waals surface area contributed by atoms with Gasteiger partial charge in [-0.1, -0.05) is 6.07 Å². The first-order valence-electron chi connectivity index (χ1n) is 4.81. The van der Waals surface area contributed by atoms with Gasteiger partial charge in [0.2, 0.25) is 5.95 Å². The summed E-state index contributed by atoms with van der Waals surface area (Å²) in [5, 5.41) is 13.8. The van der Waals surface area contributed by atoms with Gasteiger partial charge in [0, 0.05) is 6.20 Å². The molecule has 7 nitrogen and oxygen atoms in total. The van der Waals surface area contributed by atoms with Crippen molar-refractivity contribution in [3.8, 4) is 0 Å². The predicted molar refractivity (Wildman–Crippen MR) is 56.7 cm³/mol. The third-order valence-electron chi connectivity index (χ3n) is 2.12. The predicted octanol–water partition coefficient (Wildman–Crippen LogP) is 0.459. The number of pyridine rings is 1. The van der Waals surface area contributed by atoms with Gasteiger partial charge in [-0.05, 0) is 12.1 Å². The molecule has 80 valence electrons. The topological polar surface area (TPSA) is 83.8 Å². The van der Waals surface area contributed by atoms with Crippen LogP contribution in [0.5, 0.6) is 0 Å². The summed E-state index contributed by atoms with van der Waals surface area (Å²) in [7, 11) is 0. The van der Waals surface area contributed by atoms with E-state index in [1.165, 1.54) is 6.33 Å². The lowest BCUT2D eigenvalue weighted by atomic mass is 10.5. The Morgan fingerprint density at radius 1 is 1.38 bits per heavy atom. The van der Waals surface area contributed by atoms with Gasteiger partial charge < -0.3 is 5.32 Å². The fourth-order valence-electron chi connectivity index (χ4n) is 1.39. The van der Waals surface area contributed by atoms with Gasteiger partial charge in [-0.25, -0.2) is 9.50 Å². The lowest BCUT2D eigenvalue weighted by Crippen LogP contribution is -2.02. The van der Waals surface area contributed by atoms with E-state index in [1.807, 2.05) is 24.4 Å². The van der Waals surface area contributed by atoms with Crippen molar-refractivity contribution in [3.05, 3.63) is 36.5 Å². The van der Waals surface area contributed by atoms with Crippen LogP contribution in [0.1, 0.15) is 5.82 Å². The van der Waals surface area contributed by atoms with Crippen LogP contribution in [0.4, 0.5) is 5.95 Å². The zero-order chi connectivity index (χ0) is 10.8. The number of aromatic nitrogens is 6. The standard InChI is InChI=1S/C9H9N7/c1-2-4-16-8(3-1)13-9(15-16)10-5-7-11-6-12-14-7/h1-4,6H,5H2,(H,10,15)(H,11,12,14). The normalized spacial score (nSPS) is 10.8. The van der Waals surface area contributed by atoms with Crippen molar-refractivity contribution >= 4 is 11.6 Å². The zero-order valence-corrected chi connectivity index (χ0v) is 8.33. The Morgan fingerprint density at radius 2 is 2.38 bits per heavy atom. The van der Waals surface area contributed by atoms with Gasteiger partial charge in [0.1, 0.15) is 12.2 Å². The van der Waals surface area contributed by atoms with E-state index >= 15 is 0 Å². The van der Waals surface area contributed by atoms with E-state index in [1.54, 1.807) is 4.52 Å². The first kappa shape index (κ1) is 8.84. The van der Waals surface area contributed by atoms with Crippen molar-refractivity contribution in [1.29, 1.82) is 0 Å². The molecule has 3 aromatic rings. The summed E-state index contributed by atoms with van der Waals surface area (Å²) in [4.78, 5) is 8.28. The summed E-state index contributed by atoms with van der Waals surface area (Å²) in [6.45, 7) is 0.525. The van der Waals surface area contributed by atoms with E-state index in [0.717, 1.165) is 11.5 Å². The molecule has 3 aromatic heterocycles. The number of hydrogen-bond donors (Lipinski definition) is 2. The fourth-order valence-corrected chi connectivity index (χ4v) is 1.39. The Bertz CT molecular complexity index is 550. The summed E-state index contributed by atoms with van der Waals surface area (Å²) < 4.78 is 1.71. The monoisotopic (exact) mass is 215 g/mol. The molecule has 2 N–H and O–H groups in total. The lowest BCUT2D eigenvalue weighted by molar-refractivity contribution is 0.916. The van der Waals surface area contributed by atoms with E-state index in [0.29, 0.717) is 12.5 Å². The van der Waals surface area contributed by atoms with Crippen LogP contribution in [0.25, 0.3) is 5.65 Å². The van der Waals surface area contributed by atoms with E-state index in [9.17, 15) is 0 Å². The van der Waals surface area contributed by atoms with Crippen LogP contribution < -0.4 is 5.32 Å². The zero-order valence-electron chi connectivity index (χ0n) is 8.33. The number of fused-ring (bicyclic) bond motifs is 1. The average molecular weight is 215 g/mol. The Morgan fingerprint density at radius 3 is 3.19 bits per heavy atom. The Labute approximate surface area is 90.5 Å². The minimum absolute atomic E-state index is 0.525. The highest BCUT2D eigenvalue weighted by molar-refractivity contribution is 5.42. The quantitative estimate of drug-likeness (QED) is 0.663. The van der Waals surface area contributed by atoms with Gasteiger partial charge in [-0.2, -0.15) is 10.1 Å². The van der Waals surface area contributed by atoms with Crippen LogP contribution in [-0.4, -0.2) is 29.8 Å². The maximum absolute atomic E-state index is 4.29. The molecule has 0 saturated heterocycles. The molecule has 0 fully saturated rings. The molecule has 0 aliphatic carbocycles. The molecule has 3 rings (SSSR count). The molecule has 0 spiro atoms. The fraction of sp³-hybridized carbons (Fsp3) is 0.111. The summed E-state index contributed by atoms with van der Waals surface area (Å²) in [5.41, 5.74) is 0.808. The largest absolute Gasteiger partial charge is 0.346 e. The van der Waals surface area contributed by atoms with E-state index in [-0.39, 0.29) is 0 Å². The van der Waals surface area contributed by atoms with Crippen LogP contribution in [0.2, 0.25) is 0 Å². The first-order valence-corrected chi connectivity index (χ1v) is 4.81. The smallest absolute Gasteiger partial charge is 0.243 e. The molecular weight excluding hydrogens is 206 g/mol. The van der Waals surface area contributed by atoms with Crippen molar-refractivity contribution in [2.45, 2.75) is 6.54 Å². The van der Waals surface area contributed by atoms with Crippen LogP contribution in [0.3, 0.4) is 0 Å². The van der Waals surface area contributed by atoms with Gasteiger partial charge in [-0.3, -0.25) is 5.10 Å². The number of H-pyrrole nitrogens is 1. The molecule has 0 saturated carbocycles. The lowest BCUT2D eigenvalue weighted by Gasteiger charge is -1.95. The van der Waals surface area contributed by atoms with Gasteiger partial charge in [0.05, 0.1) is 6.54 Å². The molecule has 0 aliphatic heterocycles. The Balaban J connectivity index is 1.79. The Hall–Kier alpha value is -2.44. The maximum atomic E-state index is 4.29. The third-order valence-corrected chi connectivity index (χ3v) is 2.12. The van der Waals surface area contributed by atoms with Crippen molar-refractivity contribution in [1.82, 2.24) is 29.8 Å². The van der Waals surface area contributed by atoms with E-state index in [2.05, 4.69) is 30.6 Å². The van der Waals surface area contributed by atoms with E-state index in [4.69, 9.17) is 0 Å². The maximum Gasteiger partial charge on any atom is 0.243 e. The molecule has 0 amide bonds. The third kappa shape index (κ3) is 1.58. The van der Waals surface area contributed by atoms with Crippen molar-refractivity contribution in [2.24, 2.45) is 0 Å². The average Bonchev–Trinajstić information content (AvgIpc) is 2.95. The minimum atomic E-state index is 0.525. The second-order valence-corrected chi connectivity index (χ2v) is 3.22. The second-order valence-electron chi connectivity index (χ2n) is 3.22. The molecule has 0 aromatic carbocycles. The molecule has 0 unspecified atom stereocenters. The van der Waals surface area contributed by atoms with Gasteiger partial charge in [0.15, 0.2) is 5.65 Å². The summed E-state index contributed by atoms with van der Waals surface area (Å²) >= 11 is 0. The van der Waals surface area contributed by atoms with E-state index < -0.39 is 0 Å².